The highest BCUT2D eigenvalue weighted by molar-refractivity contribution is 7.15. The average molecular weight is 422 g/mol. The number of benzene rings is 4. The molecule has 3 heteroatoms. The van der Waals surface area contributed by atoms with Gasteiger partial charge in [-0.25, -0.2) is 0 Å². The van der Waals surface area contributed by atoms with E-state index in [0.29, 0.717) is 0 Å². The lowest BCUT2D eigenvalue weighted by molar-refractivity contribution is 0.963. The van der Waals surface area contributed by atoms with Gasteiger partial charge < -0.3 is 4.65 Å². The van der Waals surface area contributed by atoms with Crippen LogP contribution in [0, 0.1) is 0 Å². The van der Waals surface area contributed by atoms with Gasteiger partial charge >= 0.3 is 0 Å². The molecule has 4 aromatic carbocycles. The van der Waals surface area contributed by atoms with Crippen LogP contribution in [0.15, 0.2) is 121 Å². The van der Waals surface area contributed by atoms with Crippen LogP contribution >= 0.6 is 0 Å². The van der Waals surface area contributed by atoms with Crippen LogP contribution in [-0.4, -0.2) is 16.5 Å². The Morgan fingerprint density at radius 1 is 0.400 bits per heavy atom. The summed E-state index contributed by atoms with van der Waals surface area (Å²) in [6.45, 7) is 0. The monoisotopic (exact) mass is 421 g/mol. The zero-order chi connectivity index (χ0) is 20.3. The third kappa shape index (κ3) is 3.29. The molecule has 1 nitrogen and oxygen atoms in total. The molecule has 0 atom stereocenters. The highest BCUT2D eigenvalue weighted by atomic mass is 28.4. The molecule has 1 aliphatic heterocycles. The Balaban J connectivity index is 1.74. The van der Waals surface area contributed by atoms with Crippen LogP contribution in [0.2, 0.25) is 12.1 Å². The summed E-state index contributed by atoms with van der Waals surface area (Å²) in [7, 11) is -4.25. The van der Waals surface area contributed by atoms with Crippen molar-refractivity contribution < 1.29 is 0 Å². The second-order valence-corrected chi connectivity index (χ2v) is 16.2. The van der Waals surface area contributed by atoms with Gasteiger partial charge in [0.2, 0.25) is 0 Å². The molecular weight excluding hydrogens is 394 g/mol. The van der Waals surface area contributed by atoms with Crippen LogP contribution in [0.1, 0.15) is 6.42 Å². The van der Waals surface area contributed by atoms with Crippen molar-refractivity contribution in [1.29, 1.82) is 0 Å². The average Bonchev–Trinajstić information content (AvgIpc) is 2.86. The van der Waals surface area contributed by atoms with Gasteiger partial charge in [0.15, 0.2) is 16.5 Å². The van der Waals surface area contributed by atoms with Crippen LogP contribution in [0.4, 0.5) is 0 Å². The Bertz CT molecular complexity index is 915. The van der Waals surface area contributed by atoms with Gasteiger partial charge in [-0.05, 0) is 32.8 Å². The first kappa shape index (κ1) is 19.2. The fourth-order valence-corrected chi connectivity index (χ4v) is 18.1. The normalized spacial score (nSPS) is 17.3. The SMILES string of the molecule is c1ccc([Si]2(c3ccccc3)CCC[Si](c3ccccc3)(c3ccccc3)N2)cc1. The summed E-state index contributed by atoms with van der Waals surface area (Å²) in [6.07, 6.45) is 1.26. The van der Waals surface area contributed by atoms with Gasteiger partial charge in [-0.3, -0.25) is 0 Å². The van der Waals surface area contributed by atoms with Crippen LogP contribution in [0.5, 0.6) is 0 Å². The Morgan fingerprint density at radius 3 is 0.933 bits per heavy atom. The molecule has 0 bridgehead atoms. The standard InChI is InChI=1S/C27H27NSi2/c1-5-14-24(15-6-1)29(25-16-7-2-8-17-25)22-13-23-30(28-29,26-18-9-3-10-19-26)27-20-11-4-12-21-27/h1-12,14-21,28H,13,22-23H2. The van der Waals surface area contributed by atoms with E-state index in [1.54, 1.807) is 0 Å². The van der Waals surface area contributed by atoms with Crippen molar-refractivity contribution >= 4 is 37.2 Å². The molecular formula is C27H27NSi2. The van der Waals surface area contributed by atoms with Gasteiger partial charge in [0.25, 0.3) is 0 Å². The highest BCUT2D eigenvalue weighted by Gasteiger charge is 2.51. The smallest absolute Gasteiger partial charge is 0.183 e. The van der Waals surface area contributed by atoms with Crippen molar-refractivity contribution in [1.82, 2.24) is 4.65 Å². The summed E-state index contributed by atoms with van der Waals surface area (Å²) >= 11 is 0. The molecule has 1 N–H and O–H groups in total. The van der Waals surface area contributed by atoms with Crippen molar-refractivity contribution in [3.63, 3.8) is 0 Å². The maximum atomic E-state index is 4.52. The third-order valence-corrected chi connectivity index (χ3v) is 17.5. The van der Waals surface area contributed by atoms with Crippen LogP contribution in [0.3, 0.4) is 0 Å². The molecule has 5 rings (SSSR count). The Morgan fingerprint density at radius 2 is 0.667 bits per heavy atom. The molecule has 0 spiro atoms. The van der Waals surface area contributed by atoms with Crippen molar-refractivity contribution in [3.05, 3.63) is 121 Å². The van der Waals surface area contributed by atoms with Gasteiger partial charge in [0.05, 0.1) is 0 Å². The van der Waals surface area contributed by atoms with E-state index in [-0.39, 0.29) is 0 Å². The molecule has 0 amide bonds. The maximum absolute atomic E-state index is 4.52. The zero-order valence-electron chi connectivity index (χ0n) is 17.2. The van der Waals surface area contributed by atoms with Crippen molar-refractivity contribution in [2.45, 2.75) is 18.5 Å². The third-order valence-electron chi connectivity index (χ3n) is 6.60. The van der Waals surface area contributed by atoms with Gasteiger partial charge in [0.1, 0.15) is 0 Å². The molecule has 0 unspecified atom stereocenters. The summed E-state index contributed by atoms with van der Waals surface area (Å²) in [6, 6.07) is 47.5. The molecule has 30 heavy (non-hydrogen) atoms. The van der Waals surface area contributed by atoms with E-state index in [4.69, 9.17) is 0 Å². The van der Waals surface area contributed by atoms with E-state index in [9.17, 15) is 0 Å². The molecule has 1 aliphatic rings. The van der Waals surface area contributed by atoms with Crippen molar-refractivity contribution in [3.8, 4) is 0 Å². The zero-order valence-corrected chi connectivity index (χ0v) is 19.2. The minimum absolute atomic E-state index is 1.25. The van der Waals surface area contributed by atoms with E-state index in [1.165, 1.54) is 39.3 Å². The molecule has 0 aliphatic carbocycles. The van der Waals surface area contributed by atoms with Crippen LogP contribution in [-0.2, 0) is 0 Å². The van der Waals surface area contributed by atoms with Crippen LogP contribution in [0.25, 0.3) is 0 Å². The summed E-state index contributed by atoms with van der Waals surface area (Å²) < 4.78 is 4.52. The molecule has 1 heterocycles. The molecule has 0 aromatic heterocycles. The molecule has 4 aromatic rings. The van der Waals surface area contributed by atoms with E-state index in [1.807, 2.05) is 0 Å². The number of hydrogen-bond acceptors (Lipinski definition) is 1. The Kier molecular flexibility index (Phi) is 5.25. The Hall–Kier alpha value is -2.73. The number of hydrogen-bond donors (Lipinski definition) is 1. The lowest BCUT2D eigenvalue weighted by atomic mass is 10.4. The predicted octanol–water partition coefficient (Wildman–Crippen LogP) is 3.50. The van der Waals surface area contributed by atoms with E-state index in [0.717, 1.165) is 0 Å². The lowest BCUT2D eigenvalue weighted by Gasteiger charge is -2.48. The molecule has 0 saturated carbocycles. The van der Waals surface area contributed by atoms with Crippen molar-refractivity contribution in [2.75, 3.05) is 0 Å². The van der Waals surface area contributed by atoms with Gasteiger partial charge in [-0.2, -0.15) is 0 Å². The minimum atomic E-state index is -2.12. The van der Waals surface area contributed by atoms with Gasteiger partial charge in [-0.1, -0.05) is 128 Å². The first-order valence-electron chi connectivity index (χ1n) is 10.8. The van der Waals surface area contributed by atoms with Crippen LogP contribution < -0.4 is 25.4 Å². The van der Waals surface area contributed by atoms with Crippen molar-refractivity contribution in [2.24, 2.45) is 0 Å². The quantitative estimate of drug-likeness (QED) is 0.497. The van der Waals surface area contributed by atoms with Gasteiger partial charge in [-0.15, -0.1) is 0 Å². The number of nitrogens with one attached hydrogen (secondary N) is 1. The summed E-state index contributed by atoms with van der Waals surface area (Å²) in [4.78, 5) is 0. The lowest BCUT2D eigenvalue weighted by Crippen LogP contribution is -2.84. The molecule has 1 fully saturated rings. The highest BCUT2D eigenvalue weighted by Crippen LogP contribution is 2.26. The number of rotatable bonds is 4. The first-order chi connectivity index (χ1) is 14.8. The summed E-state index contributed by atoms with van der Waals surface area (Å²) in [5.74, 6) is 0. The van der Waals surface area contributed by atoms with E-state index >= 15 is 0 Å². The topological polar surface area (TPSA) is 12.0 Å². The minimum Gasteiger partial charge on any atom is -0.345 e. The summed E-state index contributed by atoms with van der Waals surface area (Å²) in [5.41, 5.74) is 0. The second-order valence-electron chi connectivity index (χ2n) is 8.25. The molecule has 1 saturated heterocycles. The first-order valence-corrected chi connectivity index (χ1v) is 15.3. The predicted molar refractivity (Wildman–Crippen MR) is 133 cm³/mol. The summed E-state index contributed by atoms with van der Waals surface area (Å²) in [5, 5.41) is 6.00. The molecule has 0 radical (unpaired) electrons. The fourth-order valence-electron chi connectivity index (χ4n) is 5.20. The van der Waals surface area contributed by atoms with E-state index in [2.05, 4.69) is 126 Å². The Labute approximate surface area is 181 Å². The second kappa shape index (κ2) is 8.19. The largest absolute Gasteiger partial charge is 0.345 e. The molecule has 148 valence electrons. The maximum Gasteiger partial charge on any atom is 0.183 e. The van der Waals surface area contributed by atoms with E-state index < -0.39 is 16.5 Å². The fraction of sp³-hybridized carbons (Fsp3) is 0.111. The van der Waals surface area contributed by atoms with Gasteiger partial charge in [0, 0.05) is 0 Å².